The number of aromatic nitrogens is 2. The van der Waals surface area contributed by atoms with E-state index in [1.165, 1.54) is 37.9 Å². The van der Waals surface area contributed by atoms with E-state index in [4.69, 9.17) is 0 Å². The molecule has 2 heterocycles. The van der Waals surface area contributed by atoms with Gasteiger partial charge in [0, 0.05) is 12.4 Å². The number of hydrogen-bond donors (Lipinski definition) is 0. The minimum absolute atomic E-state index is 0.143. The van der Waals surface area contributed by atoms with E-state index in [1.807, 2.05) is 12.4 Å². The van der Waals surface area contributed by atoms with Crippen LogP contribution in [0.2, 0.25) is 0 Å². The Labute approximate surface area is 104 Å². The zero-order valence-electron chi connectivity index (χ0n) is 11.2. The zero-order chi connectivity index (χ0) is 12.3. The minimum Gasteiger partial charge on any atom is -0.296 e. The third kappa shape index (κ3) is 3.50. The molecule has 0 saturated carbocycles. The second kappa shape index (κ2) is 5.13. The highest BCUT2D eigenvalue weighted by Crippen LogP contribution is 2.20. The Balaban J connectivity index is 1.98. The van der Waals surface area contributed by atoms with E-state index in [0.717, 1.165) is 12.4 Å². The molecule has 0 atom stereocenters. The zero-order valence-corrected chi connectivity index (χ0v) is 11.2. The Kier molecular flexibility index (Phi) is 3.77. The lowest BCUT2D eigenvalue weighted by molar-refractivity contribution is 0.216. The second-order valence-electron chi connectivity index (χ2n) is 5.97. The minimum atomic E-state index is 0.143. The fourth-order valence-electron chi connectivity index (χ4n) is 2.14. The molecule has 94 valence electrons. The van der Waals surface area contributed by atoms with E-state index in [9.17, 15) is 0 Å². The van der Waals surface area contributed by atoms with Gasteiger partial charge in [0.2, 0.25) is 0 Å². The van der Waals surface area contributed by atoms with Crippen LogP contribution in [0.4, 0.5) is 0 Å². The lowest BCUT2D eigenvalue weighted by Crippen LogP contribution is -2.30. The van der Waals surface area contributed by atoms with Gasteiger partial charge in [-0.05, 0) is 36.9 Å². The first-order chi connectivity index (χ1) is 8.05. The van der Waals surface area contributed by atoms with Crippen molar-refractivity contribution in [2.75, 3.05) is 13.1 Å². The number of likely N-dealkylation sites (tertiary alicyclic amines) is 1. The summed E-state index contributed by atoms with van der Waals surface area (Å²) >= 11 is 0. The maximum atomic E-state index is 4.49. The maximum absolute atomic E-state index is 4.49. The quantitative estimate of drug-likeness (QED) is 0.786. The third-order valence-electron chi connectivity index (χ3n) is 3.39. The van der Waals surface area contributed by atoms with Gasteiger partial charge in [-0.3, -0.25) is 4.90 Å². The van der Waals surface area contributed by atoms with Crippen molar-refractivity contribution in [2.24, 2.45) is 0 Å². The summed E-state index contributed by atoms with van der Waals surface area (Å²) < 4.78 is 0. The maximum Gasteiger partial charge on any atom is 0.142 e. The topological polar surface area (TPSA) is 29.0 Å². The van der Waals surface area contributed by atoms with E-state index in [1.54, 1.807) is 0 Å². The molecule has 0 bridgehead atoms. The normalized spacial score (nSPS) is 18.3. The Bertz CT molecular complexity index is 345. The van der Waals surface area contributed by atoms with Crippen LogP contribution >= 0.6 is 0 Å². The van der Waals surface area contributed by atoms with E-state index in [-0.39, 0.29) is 5.41 Å². The first-order valence-corrected chi connectivity index (χ1v) is 6.59. The van der Waals surface area contributed by atoms with Gasteiger partial charge in [0.25, 0.3) is 0 Å². The molecule has 0 amide bonds. The summed E-state index contributed by atoms with van der Waals surface area (Å²) in [4.78, 5) is 11.4. The summed E-state index contributed by atoms with van der Waals surface area (Å²) in [6.07, 6.45) is 7.97. The molecule has 0 N–H and O–H groups in total. The van der Waals surface area contributed by atoms with E-state index in [0.29, 0.717) is 0 Å². The standard InChI is InChI=1S/C14H23N3/c1-14(2,3)12-9-15-13(16-10-12)11-17-7-5-4-6-8-17/h9-10H,4-8,11H2,1-3H3. The van der Waals surface area contributed by atoms with E-state index in [2.05, 4.69) is 35.6 Å². The average molecular weight is 233 g/mol. The summed E-state index contributed by atoms with van der Waals surface area (Å²) in [5.41, 5.74) is 1.35. The van der Waals surface area contributed by atoms with Crippen molar-refractivity contribution in [1.29, 1.82) is 0 Å². The third-order valence-corrected chi connectivity index (χ3v) is 3.39. The molecule has 1 aromatic heterocycles. The van der Waals surface area contributed by atoms with Crippen molar-refractivity contribution in [3.05, 3.63) is 23.8 Å². The number of rotatable bonds is 2. The van der Waals surface area contributed by atoms with Gasteiger partial charge < -0.3 is 0 Å². The van der Waals surface area contributed by atoms with Crippen LogP contribution in [-0.4, -0.2) is 28.0 Å². The summed E-state index contributed by atoms with van der Waals surface area (Å²) in [5, 5.41) is 0. The molecule has 17 heavy (non-hydrogen) atoms. The van der Waals surface area contributed by atoms with Crippen molar-refractivity contribution in [3.8, 4) is 0 Å². The van der Waals surface area contributed by atoms with Gasteiger partial charge in [-0.2, -0.15) is 0 Å². The molecule has 0 unspecified atom stereocenters. The van der Waals surface area contributed by atoms with Crippen molar-refractivity contribution in [3.63, 3.8) is 0 Å². The van der Waals surface area contributed by atoms with Gasteiger partial charge >= 0.3 is 0 Å². The van der Waals surface area contributed by atoms with Crippen LogP contribution in [0.3, 0.4) is 0 Å². The monoisotopic (exact) mass is 233 g/mol. The van der Waals surface area contributed by atoms with Crippen LogP contribution in [0, 0.1) is 0 Å². The number of nitrogens with zero attached hydrogens (tertiary/aromatic N) is 3. The molecule has 0 aliphatic carbocycles. The van der Waals surface area contributed by atoms with Gasteiger partial charge in [-0.15, -0.1) is 0 Å². The number of hydrogen-bond acceptors (Lipinski definition) is 3. The fraction of sp³-hybridized carbons (Fsp3) is 0.714. The predicted molar refractivity (Wildman–Crippen MR) is 69.9 cm³/mol. The van der Waals surface area contributed by atoms with Crippen LogP contribution in [0.15, 0.2) is 12.4 Å². The van der Waals surface area contributed by atoms with Crippen LogP contribution in [0.1, 0.15) is 51.4 Å². The van der Waals surface area contributed by atoms with Crippen LogP contribution in [0.5, 0.6) is 0 Å². The fourth-order valence-corrected chi connectivity index (χ4v) is 2.14. The van der Waals surface area contributed by atoms with Crippen molar-refractivity contribution >= 4 is 0 Å². The van der Waals surface area contributed by atoms with Gasteiger partial charge in [-0.1, -0.05) is 27.2 Å². The van der Waals surface area contributed by atoms with Crippen LogP contribution in [-0.2, 0) is 12.0 Å². The lowest BCUT2D eigenvalue weighted by atomic mass is 9.89. The molecular formula is C14H23N3. The molecular weight excluding hydrogens is 210 g/mol. The molecule has 1 fully saturated rings. The summed E-state index contributed by atoms with van der Waals surface area (Å²) in [6, 6.07) is 0. The Morgan fingerprint density at radius 2 is 1.65 bits per heavy atom. The molecule has 1 aliphatic heterocycles. The summed E-state index contributed by atoms with van der Waals surface area (Å²) in [7, 11) is 0. The van der Waals surface area contributed by atoms with Gasteiger partial charge in [0.05, 0.1) is 6.54 Å². The van der Waals surface area contributed by atoms with E-state index < -0.39 is 0 Å². The molecule has 1 aromatic rings. The average Bonchev–Trinajstić information content (AvgIpc) is 2.30. The smallest absolute Gasteiger partial charge is 0.142 e. The molecule has 0 spiro atoms. The largest absolute Gasteiger partial charge is 0.296 e. The lowest BCUT2D eigenvalue weighted by Gasteiger charge is -2.25. The van der Waals surface area contributed by atoms with Crippen LogP contribution in [0.25, 0.3) is 0 Å². The molecule has 0 radical (unpaired) electrons. The molecule has 1 saturated heterocycles. The highest BCUT2D eigenvalue weighted by atomic mass is 15.1. The molecule has 3 heteroatoms. The Morgan fingerprint density at radius 1 is 1.06 bits per heavy atom. The highest BCUT2D eigenvalue weighted by Gasteiger charge is 2.15. The number of piperidine rings is 1. The van der Waals surface area contributed by atoms with Gasteiger partial charge in [0.1, 0.15) is 5.82 Å². The molecule has 0 aromatic carbocycles. The first kappa shape index (κ1) is 12.5. The Morgan fingerprint density at radius 3 is 2.18 bits per heavy atom. The van der Waals surface area contributed by atoms with Crippen molar-refractivity contribution < 1.29 is 0 Å². The highest BCUT2D eigenvalue weighted by molar-refractivity contribution is 5.15. The summed E-state index contributed by atoms with van der Waals surface area (Å²) in [5.74, 6) is 0.958. The van der Waals surface area contributed by atoms with Crippen LogP contribution < -0.4 is 0 Å². The molecule has 3 nitrogen and oxygen atoms in total. The first-order valence-electron chi connectivity index (χ1n) is 6.59. The van der Waals surface area contributed by atoms with Gasteiger partial charge in [0.15, 0.2) is 0 Å². The van der Waals surface area contributed by atoms with Crippen molar-refractivity contribution in [2.45, 2.75) is 52.0 Å². The second-order valence-corrected chi connectivity index (χ2v) is 5.97. The summed E-state index contributed by atoms with van der Waals surface area (Å²) in [6.45, 7) is 9.88. The molecule has 1 aliphatic rings. The van der Waals surface area contributed by atoms with E-state index >= 15 is 0 Å². The van der Waals surface area contributed by atoms with Gasteiger partial charge in [-0.25, -0.2) is 9.97 Å². The van der Waals surface area contributed by atoms with Crippen molar-refractivity contribution in [1.82, 2.24) is 14.9 Å². The molecule has 2 rings (SSSR count). The predicted octanol–water partition coefficient (Wildman–Crippen LogP) is 2.76. The Hall–Kier alpha value is -0.960. The SMILES string of the molecule is CC(C)(C)c1cnc(CN2CCCCC2)nc1.